The summed E-state index contributed by atoms with van der Waals surface area (Å²) in [5, 5.41) is 14.3. The highest BCUT2D eigenvalue weighted by Crippen LogP contribution is 2.32. The summed E-state index contributed by atoms with van der Waals surface area (Å²) in [6.07, 6.45) is 0. The lowest BCUT2D eigenvalue weighted by atomic mass is 10.3. The van der Waals surface area contributed by atoms with Crippen LogP contribution in [0.1, 0.15) is 5.82 Å². The second-order valence-electron chi connectivity index (χ2n) is 4.01. The molecule has 0 spiro atoms. The molecule has 0 saturated carbocycles. The van der Waals surface area contributed by atoms with Gasteiger partial charge < -0.3 is 21.2 Å². The number of imidazole rings is 1. The van der Waals surface area contributed by atoms with E-state index in [1.165, 1.54) is 0 Å². The Bertz CT molecular complexity index is 653. The van der Waals surface area contributed by atoms with E-state index in [0.717, 1.165) is 0 Å². The van der Waals surface area contributed by atoms with E-state index in [9.17, 15) is 10.1 Å². The molecule has 0 atom stereocenters. The first-order valence-electron chi connectivity index (χ1n) is 5.40. The van der Waals surface area contributed by atoms with Crippen LogP contribution in [0.4, 0.5) is 23.0 Å². The Kier molecular flexibility index (Phi) is 3.30. The third-order valence-electron chi connectivity index (χ3n) is 2.72. The molecule has 2 aromatic rings. The van der Waals surface area contributed by atoms with Gasteiger partial charge in [-0.25, -0.2) is 0 Å². The van der Waals surface area contributed by atoms with E-state index < -0.39 is 4.92 Å². The number of benzene rings is 1. The monoisotopic (exact) mass is 281 g/mol. The number of hydrogen-bond donors (Lipinski definition) is 2. The predicted octanol–water partition coefficient (Wildman–Crippen LogP) is 2.62. The van der Waals surface area contributed by atoms with Crippen LogP contribution in [0, 0.1) is 17.0 Å². The fraction of sp³-hybridized carbons (Fsp3) is 0.182. The van der Waals surface area contributed by atoms with Crippen LogP contribution in [-0.4, -0.2) is 14.5 Å². The first-order chi connectivity index (χ1) is 8.90. The zero-order valence-corrected chi connectivity index (χ0v) is 11.1. The normalized spacial score (nSPS) is 10.5. The Morgan fingerprint density at radius 3 is 2.84 bits per heavy atom. The molecule has 0 unspecified atom stereocenters. The van der Waals surface area contributed by atoms with E-state index in [4.69, 9.17) is 17.3 Å². The highest BCUT2D eigenvalue weighted by molar-refractivity contribution is 6.33. The SMILES string of the molecule is Cc1nc([N+](=O)[O-])c(Nc2cc(N)ccc2Cl)n1C. The zero-order chi connectivity index (χ0) is 14.2. The smallest absolute Gasteiger partial charge is 0.399 e. The van der Waals surface area contributed by atoms with Gasteiger partial charge in [0, 0.05) is 19.7 Å². The quantitative estimate of drug-likeness (QED) is 0.512. The van der Waals surface area contributed by atoms with Gasteiger partial charge in [-0.05, 0) is 28.1 Å². The number of anilines is 3. The van der Waals surface area contributed by atoms with Crippen LogP contribution in [-0.2, 0) is 7.05 Å². The molecular formula is C11H12ClN5O2. The number of halogens is 1. The second-order valence-corrected chi connectivity index (χ2v) is 4.42. The van der Waals surface area contributed by atoms with Crippen molar-refractivity contribution in [2.75, 3.05) is 11.1 Å². The topological polar surface area (TPSA) is 99.0 Å². The lowest BCUT2D eigenvalue weighted by Gasteiger charge is -2.09. The van der Waals surface area contributed by atoms with Crippen molar-refractivity contribution in [3.8, 4) is 0 Å². The predicted molar refractivity (Wildman–Crippen MR) is 73.7 cm³/mol. The minimum Gasteiger partial charge on any atom is -0.399 e. The highest BCUT2D eigenvalue weighted by Gasteiger charge is 2.24. The van der Waals surface area contributed by atoms with Crippen LogP contribution >= 0.6 is 11.6 Å². The van der Waals surface area contributed by atoms with E-state index in [0.29, 0.717) is 22.2 Å². The van der Waals surface area contributed by atoms with Gasteiger partial charge in [0.1, 0.15) is 0 Å². The van der Waals surface area contributed by atoms with Gasteiger partial charge in [-0.2, -0.15) is 0 Å². The van der Waals surface area contributed by atoms with Gasteiger partial charge in [0.15, 0.2) is 0 Å². The summed E-state index contributed by atoms with van der Waals surface area (Å²) in [6.45, 7) is 1.68. The summed E-state index contributed by atoms with van der Waals surface area (Å²) < 4.78 is 1.58. The van der Waals surface area contributed by atoms with Crippen LogP contribution in [0.25, 0.3) is 0 Å². The molecular weight excluding hydrogens is 270 g/mol. The number of rotatable bonds is 3. The maximum atomic E-state index is 11.0. The van der Waals surface area contributed by atoms with Gasteiger partial charge in [0.05, 0.1) is 10.7 Å². The number of nitrogens with two attached hydrogens (primary N) is 1. The number of nitrogen functional groups attached to an aromatic ring is 1. The molecule has 1 aromatic carbocycles. The molecule has 0 aliphatic carbocycles. The molecule has 0 aliphatic heterocycles. The maximum Gasteiger partial charge on any atom is 0.407 e. The molecule has 0 fully saturated rings. The number of nitrogens with one attached hydrogen (secondary N) is 1. The number of nitro groups is 1. The van der Waals surface area contributed by atoms with E-state index in [-0.39, 0.29) is 11.6 Å². The zero-order valence-electron chi connectivity index (χ0n) is 10.3. The number of nitrogens with zero attached hydrogens (tertiary/aromatic N) is 3. The molecule has 0 aliphatic rings. The number of aryl methyl sites for hydroxylation is 1. The van der Waals surface area contributed by atoms with Crippen LogP contribution in [0.15, 0.2) is 18.2 Å². The lowest BCUT2D eigenvalue weighted by molar-refractivity contribution is -0.388. The molecule has 0 bridgehead atoms. The molecule has 7 nitrogen and oxygen atoms in total. The summed E-state index contributed by atoms with van der Waals surface area (Å²) in [6, 6.07) is 4.87. The Labute approximate surface area is 114 Å². The van der Waals surface area contributed by atoms with Crippen LogP contribution in [0.5, 0.6) is 0 Å². The molecule has 0 amide bonds. The molecule has 0 radical (unpaired) electrons. The van der Waals surface area contributed by atoms with Gasteiger partial charge in [-0.3, -0.25) is 4.57 Å². The summed E-state index contributed by atoms with van der Waals surface area (Å²) in [4.78, 5) is 14.3. The van der Waals surface area contributed by atoms with E-state index in [1.54, 1.807) is 36.7 Å². The van der Waals surface area contributed by atoms with Crippen molar-refractivity contribution in [2.24, 2.45) is 7.05 Å². The molecule has 1 aromatic heterocycles. The van der Waals surface area contributed by atoms with E-state index >= 15 is 0 Å². The largest absolute Gasteiger partial charge is 0.407 e. The van der Waals surface area contributed by atoms with Crippen molar-refractivity contribution < 1.29 is 4.92 Å². The van der Waals surface area contributed by atoms with Gasteiger partial charge in [0.2, 0.25) is 11.6 Å². The summed E-state index contributed by atoms with van der Waals surface area (Å²) in [7, 11) is 1.68. The van der Waals surface area contributed by atoms with Gasteiger partial charge in [-0.15, -0.1) is 0 Å². The summed E-state index contributed by atoms with van der Waals surface area (Å²) in [5.41, 5.74) is 6.67. The average molecular weight is 282 g/mol. The van der Waals surface area contributed by atoms with Gasteiger partial charge >= 0.3 is 5.82 Å². The fourth-order valence-corrected chi connectivity index (χ4v) is 1.79. The Morgan fingerprint density at radius 1 is 1.53 bits per heavy atom. The third kappa shape index (κ3) is 2.45. The minimum atomic E-state index is -0.546. The highest BCUT2D eigenvalue weighted by atomic mass is 35.5. The molecule has 0 saturated heterocycles. The van der Waals surface area contributed by atoms with Crippen molar-refractivity contribution in [1.82, 2.24) is 9.55 Å². The lowest BCUT2D eigenvalue weighted by Crippen LogP contribution is -2.02. The summed E-state index contributed by atoms with van der Waals surface area (Å²) >= 11 is 6.02. The van der Waals surface area contributed by atoms with Gasteiger partial charge in [-0.1, -0.05) is 11.6 Å². The minimum absolute atomic E-state index is 0.251. The second kappa shape index (κ2) is 4.77. The Hall–Kier alpha value is -2.28. The Morgan fingerprint density at radius 2 is 2.21 bits per heavy atom. The standard InChI is InChI=1S/C11H12ClN5O2/c1-6-14-11(17(18)19)10(16(6)2)15-9-5-7(13)3-4-8(9)12/h3-5,15H,13H2,1-2H3. The summed E-state index contributed by atoms with van der Waals surface area (Å²) in [5.74, 6) is 0.530. The first-order valence-corrected chi connectivity index (χ1v) is 5.77. The average Bonchev–Trinajstić information content (AvgIpc) is 2.62. The molecule has 2 rings (SSSR count). The first kappa shape index (κ1) is 13.2. The molecule has 100 valence electrons. The van der Waals surface area contributed by atoms with E-state index in [2.05, 4.69) is 10.3 Å². The maximum absolute atomic E-state index is 11.0. The van der Waals surface area contributed by atoms with E-state index in [1.807, 2.05) is 0 Å². The van der Waals surface area contributed by atoms with Crippen molar-refractivity contribution in [2.45, 2.75) is 6.92 Å². The number of aromatic nitrogens is 2. The Balaban J connectivity index is 2.48. The fourth-order valence-electron chi connectivity index (χ4n) is 1.63. The molecule has 1 heterocycles. The third-order valence-corrected chi connectivity index (χ3v) is 3.05. The van der Waals surface area contributed by atoms with Crippen LogP contribution in [0.3, 0.4) is 0 Å². The van der Waals surface area contributed by atoms with Crippen molar-refractivity contribution >= 4 is 34.6 Å². The number of hydrogen-bond acceptors (Lipinski definition) is 5. The van der Waals surface area contributed by atoms with Crippen molar-refractivity contribution in [3.63, 3.8) is 0 Å². The van der Waals surface area contributed by atoms with Crippen LogP contribution in [0.2, 0.25) is 5.02 Å². The van der Waals surface area contributed by atoms with Crippen molar-refractivity contribution in [1.29, 1.82) is 0 Å². The van der Waals surface area contributed by atoms with Gasteiger partial charge in [0.25, 0.3) is 0 Å². The molecule has 3 N–H and O–H groups in total. The molecule has 19 heavy (non-hydrogen) atoms. The molecule has 8 heteroatoms. The van der Waals surface area contributed by atoms with Crippen molar-refractivity contribution in [3.05, 3.63) is 39.2 Å². The van der Waals surface area contributed by atoms with Crippen LogP contribution < -0.4 is 11.1 Å².